The van der Waals surface area contributed by atoms with Crippen molar-refractivity contribution in [1.82, 2.24) is 9.62 Å². The average Bonchev–Trinajstić information content (AvgIpc) is 3.16. The van der Waals surface area contributed by atoms with Crippen LogP contribution in [-0.4, -0.2) is 32.4 Å². The van der Waals surface area contributed by atoms with E-state index in [9.17, 15) is 8.42 Å². The highest BCUT2D eigenvalue weighted by Crippen LogP contribution is 2.25. The van der Waals surface area contributed by atoms with Crippen molar-refractivity contribution in [2.24, 2.45) is 0 Å². The van der Waals surface area contributed by atoms with Crippen molar-refractivity contribution < 1.29 is 8.42 Å². The summed E-state index contributed by atoms with van der Waals surface area (Å²) in [5.74, 6) is 0. The Morgan fingerprint density at radius 2 is 1.91 bits per heavy atom. The van der Waals surface area contributed by atoms with Crippen molar-refractivity contribution in [3.63, 3.8) is 0 Å². The summed E-state index contributed by atoms with van der Waals surface area (Å²) in [6.45, 7) is 6.47. The van der Waals surface area contributed by atoms with Crippen molar-refractivity contribution in [3.05, 3.63) is 39.4 Å². The average molecular weight is 359 g/mol. The number of thiophene rings is 2. The zero-order valence-electron chi connectivity index (χ0n) is 12.9. The van der Waals surface area contributed by atoms with Crippen LogP contribution in [0, 0.1) is 0 Å². The number of nitrogens with zero attached hydrogens (tertiary/aromatic N) is 1. The van der Waals surface area contributed by atoms with Crippen molar-refractivity contribution >= 4 is 32.7 Å². The lowest BCUT2D eigenvalue weighted by atomic mass is 10.3. The number of rotatable bonds is 9. The summed E-state index contributed by atoms with van der Waals surface area (Å²) in [5, 5.41) is 5.46. The Balaban J connectivity index is 1.88. The van der Waals surface area contributed by atoms with Crippen LogP contribution >= 0.6 is 22.7 Å². The molecule has 2 heterocycles. The fourth-order valence-corrected chi connectivity index (χ4v) is 5.80. The summed E-state index contributed by atoms with van der Waals surface area (Å²) in [4.78, 5) is 2.42. The molecule has 4 nitrogen and oxygen atoms in total. The molecule has 0 aliphatic carbocycles. The maximum absolute atomic E-state index is 12.4. The fourth-order valence-electron chi connectivity index (χ4n) is 2.16. The van der Waals surface area contributed by atoms with E-state index in [4.69, 9.17) is 0 Å². The van der Waals surface area contributed by atoms with Gasteiger partial charge in [-0.2, -0.15) is 4.31 Å². The first-order valence-corrected chi connectivity index (χ1v) is 10.5. The van der Waals surface area contributed by atoms with E-state index in [0.29, 0.717) is 17.3 Å². The lowest BCUT2D eigenvalue weighted by molar-refractivity contribution is 0.447. The monoisotopic (exact) mass is 358 g/mol. The summed E-state index contributed by atoms with van der Waals surface area (Å²) in [7, 11) is -3.31. The lowest BCUT2D eigenvalue weighted by Gasteiger charge is -2.16. The summed E-state index contributed by atoms with van der Waals surface area (Å²) in [6, 6.07) is 7.81. The zero-order valence-corrected chi connectivity index (χ0v) is 15.4. The highest BCUT2D eigenvalue weighted by Gasteiger charge is 2.23. The molecule has 0 atom stereocenters. The first-order chi connectivity index (χ1) is 10.6. The van der Waals surface area contributed by atoms with Gasteiger partial charge in [0.25, 0.3) is 10.0 Å². The van der Waals surface area contributed by atoms with Gasteiger partial charge < -0.3 is 5.32 Å². The van der Waals surface area contributed by atoms with Crippen molar-refractivity contribution in [2.75, 3.05) is 19.6 Å². The number of nitrogens with one attached hydrogen (secondary N) is 1. The zero-order chi connectivity index (χ0) is 16.0. The molecule has 122 valence electrons. The van der Waals surface area contributed by atoms with E-state index in [1.807, 2.05) is 26.0 Å². The van der Waals surface area contributed by atoms with Crippen LogP contribution in [0.1, 0.15) is 23.6 Å². The second-order valence-corrected chi connectivity index (χ2v) is 9.18. The highest BCUT2D eigenvalue weighted by molar-refractivity contribution is 7.91. The van der Waals surface area contributed by atoms with E-state index in [2.05, 4.69) is 16.8 Å². The van der Waals surface area contributed by atoms with Gasteiger partial charge in [0, 0.05) is 35.9 Å². The highest BCUT2D eigenvalue weighted by atomic mass is 32.2. The topological polar surface area (TPSA) is 49.4 Å². The van der Waals surface area contributed by atoms with Crippen LogP contribution in [0.4, 0.5) is 0 Å². The van der Waals surface area contributed by atoms with Crippen molar-refractivity contribution in [3.8, 4) is 0 Å². The van der Waals surface area contributed by atoms with Crippen LogP contribution in [-0.2, 0) is 23.0 Å². The lowest BCUT2D eigenvalue weighted by Crippen LogP contribution is -2.29. The number of hydrogen-bond acceptors (Lipinski definition) is 5. The molecule has 0 radical (unpaired) electrons. The van der Waals surface area contributed by atoms with Gasteiger partial charge in [0.1, 0.15) is 4.21 Å². The van der Waals surface area contributed by atoms with Crippen molar-refractivity contribution in [2.45, 2.75) is 31.0 Å². The van der Waals surface area contributed by atoms with Crippen LogP contribution in [0.3, 0.4) is 0 Å². The maximum atomic E-state index is 12.4. The van der Waals surface area contributed by atoms with E-state index in [0.717, 1.165) is 24.4 Å². The molecule has 0 saturated heterocycles. The molecule has 0 aliphatic rings. The quantitative estimate of drug-likeness (QED) is 0.701. The summed E-state index contributed by atoms with van der Waals surface area (Å²) in [6.07, 6.45) is 0.851. The first kappa shape index (κ1) is 17.6. The third kappa shape index (κ3) is 4.39. The SMILES string of the molecule is CCN(CC)S(=O)(=O)c1ccc(CCNCc2cccs2)s1. The van der Waals surface area contributed by atoms with E-state index in [1.54, 1.807) is 17.4 Å². The van der Waals surface area contributed by atoms with Gasteiger partial charge in [-0.25, -0.2) is 8.42 Å². The Kier molecular flexibility index (Phi) is 6.58. The predicted molar refractivity (Wildman–Crippen MR) is 94.2 cm³/mol. The molecule has 2 rings (SSSR count). The molecule has 2 aromatic rings. The Bertz CT molecular complexity index is 659. The van der Waals surface area contributed by atoms with Gasteiger partial charge in [0.2, 0.25) is 0 Å². The second-order valence-electron chi connectivity index (χ2n) is 4.82. The predicted octanol–water partition coefficient (Wildman–Crippen LogP) is 3.17. The fraction of sp³-hybridized carbons (Fsp3) is 0.467. The summed E-state index contributed by atoms with van der Waals surface area (Å²) < 4.78 is 26.8. The first-order valence-electron chi connectivity index (χ1n) is 7.40. The van der Waals surface area contributed by atoms with E-state index < -0.39 is 10.0 Å². The second kappa shape index (κ2) is 8.21. The third-order valence-electron chi connectivity index (χ3n) is 3.36. The number of sulfonamides is 1. The third-order valence-corrected chi connectivity index (χ3v) is 7.90. The van der Waals surface area contributed by atoms with Gasteiger partial charge in [0.15, 0.2) is 0 Å². The van der Waals surface area contributed by atoms with Gasteiger partial charge >= 0.3 is 0 Å². The number of hydrogen-bond donors (Lipinski definition) is 1. The Morgan fingerprint density at radius 1 is 1.14 bits per heavy atom. The van der Waals surface area contributed by atoms with E-state index >= 15 is 0 Å². The molecule has 1 N–H and O–H groups in total. The van der Waals surface area contributed by atoms with E-state index in [-0.39, 0.29) is 0 Å². The molecular weight excluding hydrogens is 336 g/mol. The van der Waals surface area contributed by atoms with Crippen LogP contribution in [0.2, 0.25) is 0 Å². The molecule has 0 bridgehead atoms. The van der Waals surface area contributed by atoms with Gasteiger partial charge in [-0.05, 0) is 30.0 Å². The molecular formula is C15H22N2O2S3. The summed E-state index contributed by atoms with van der Waals surface area (Å²) >= 11 is 3.12. The molecule has 0 aliphatic heterocycles. The van der Waals surface area contributed by atoms with E-state index in [1.165, 1.54) is 20.5 Å². The summed E-state index contributed by atoms with van der Waals surface area (Å²) in [5.41, 5.74) is 0. The van der Waals surface area contributed by atoms with Crippen LogP contribution in [0.25, 0.3) is 0 Å². The normalized spacial score (nSPS) is 12.1. The minimum atomic E-state index is -3.31. The minimum Gasteiger partial charge on any atom is -0.311 e. The smallest absolute Gasteiger partial charge is 0.252 e. The van der Waals surface area contributed by atoms with Gasteiger partial charge in [-0.1, -0.05) is 19.9 Å². The van der Waals surface area contributed by atoms with Crippen LogP contribution < -0.4 is 5.32 Å². The molecule has 7 heteroatoms. The van der Waals surface area contributed by atoms with Crippen LogP contribution in [0.5, 0.6) is 0 Å². The Labute approximate surface area is 140 Å². The molecule has 0 amide bonds. The van der Waals surface area contributed by atoms with Gasteiger partial charge in [0.05, 0.1) is 0 Å². The maximum Gasteiger partial charge on any atom is 0.252 e. The van der Waals surface area contributed by atoms with Crippen molar-refractivity contribution in [1.29, 1.82) is 0 Å². The molecule has 0 fully saturated rings. The standard InChI is InChI=1S/C15H22N2O2S3/c1-3-17(4-2)22(18,19)15-8-7-13(21-15)9-10-16-12-14-6-5-11-20-14/h5-8,11,16H,3-4,9-10,12H2,1-2H3. The molecule has 0 spiro atoms. The molecule has 0 saturated carbocycles. The minimum absolute atomic E-state index is 0.449. The molecule has 2 aromatic heterocycles. The Hall–Kier alpha value is -0.730. The molecule has 0 aromatic carbocycles. The van der Waals surface area contributed by atoms with Gasteiger partial charge in [-0.15, -0.1) is 22.7 Å². The largest absolute Gasteiger partial charge is 0.311 e. The molecule has 0 unspecified atom stereocenters. The Morgan fingerprint density at radius 3 is 2.55 bits per heavy atom. The van der Waals surface area contributed by atoms with Gasteiger partial charge in [-0.3, -0.25) is 0 Å². The molecule has 22 heavy (non-hydrogen) atoms. The van der Waals surface area contributed by atoms with Crippen LogP contribution in [0.15, 0.2) is 33.9 Å².